The predicted molar refractivity (Wildman–Crippen MR) is 54.3 cm³/mol. The van der Waals surface area contributed by atoms with Crippen LogP contribution in [0.15, 0.2) is 30.3 Å². The number of alkyl halides is 1. The Bertz CT molecular complexity index is 323. The van der Waals surface area contributed by atoms with Gasteiger partial charge in [0.05, 0.1) is 11.8 Å². The van der Waals surface area contributed by atoms with E-state index in [1.54, 1.807) is 0 Å². The van der Waals surface area contributed by atoms with Gasteiger partial charge in [0, 0.05) is 6.42 Å². The fourth-order valence-electron chi connectivity index (χ4n) is 1.60. The molecule has 0 radical (unpaired) electrons. The molecule has 3 heteroatoms. The third-order valence-corrected chi connectivity index (χ3v) is 2.76. The third-order valence-electron chi connectivity index (χ3n) is 2.33. The summed E-state index contributed by atoms with van der Waals surface area (Å²) in [7, 11) is 0. The minimum atomic E-state index is -0.189. The van der Waals surface area contributed by atoms with E-state index in [9.17, 15) is 4.79 Å². The molecule has 1 aromatic rings. The minimum absolute atomic E-state index is 0.161. The van der Waals surface area contributed by atoms with Crippen LogP contribution in [0.5, 0.6) is 0 Å². The van der Waals surface area contributed by atoms with Gasteiger partial charge in [-0.05, 0) is 5.56 Å². The van der Waals surface area contributed by atoms with E-state index < -0.39 is 0 Å². The molecule has 1 aliphatic heterocycles. The number of hydrogen-bond acceptors (Lipinski definition) is 2. The Labute approximate surface area is 87.8 Å². The third kappa shape index (κ3) is 2.07. The van der Waals surface area contributed by atoms with Gasteiger partial charge in [0.25, 0.3) is 0 Å². The first-order chi connectivity index (χ1) is 6.75. The fraction of sp³-hybridized carbons (Fsp3) is 0.364. The lowest BCUT2D eigenvalue weighted by Gasteiger charge is -2.11. The topological polar surface area (TPSA) is 26.3 Å². The summed E-state index contributed by atoms with van der Waals surface area (Å²) in [5.41, 5.74) is 1.15. The van der Waals surface area contributed by atoms with Crippen molar-refractivity contribution in [2.24, 2.45) is 0 Å². The first-order valence-corrected chi connectivity index (χ1v) is 5.07. The van der Waals surface area contributed by atoms with Crippen LogP contribution in [-0.4, -0.2) is 17.5 Å². The van der Waals surface area contributed by atoms with Crippen molar-refractivity contribution in [3.05, 3.63) is 35.9 Å². The molecule has 2 rings (SSSR count). The number of carbonyl (C=O) groups is 1. The Kier molecular flexibility index (Phi) is 2.73. The van der Waals surface area contributed by atoms with Crippen LogP contribution in [0.4, 0.5) is 0 Å². The number of rotatable bonds is 2. The molecule has 0 saturated carbocycles. The lowest BCUT2D eigenvalue weighted by Crippen LogP contribution is -2.18. The van der Waals surface area contributed by atoms with E-state index in [0.717, 1.165) is 5.56 Å². The molecule has 1 saturated heterocycles. The van der Waals surface area contributed by atoms with Gasteiger partial charge >= 0.3 is 5.97 Å². The van der Waals surface area contributed by atoms with Crippen molar-refractivity contribution < 1.29 is 9.53 Å². The lowest BCUT2D eigenvalue weighted by molar-refractivity contribution is -0.141. The molecule has 0 amide bonds. The Balaban J connectivity index is 2.02. The summed E-state index contributed by atoms with van der Waals surface area (Å²) in [5, 5.41) is -0.178. The number of carbonyl (C=O) groups excluding carboxylic acids is 1. The second kappa shape index (κ2) is 4.01. The maximum atomic E-state index is 10.9. The summed E-state index contributed by atoms with van der Waals surface area (Å²) in [6.45, 7) is 0. The zero-order valence-electron chi connectivity index (χ0n) is 7.65. The number of halogens is 1. The first kappa shape index (κ1) is 9.53. The molecule has 0 aliphatic carbocycles. The molecular formula is C11H11ClO2. The Hall–Kier alpha value is -1.02. The highest BCUT2D eigenvalue weighted by Gasteiger charge is 2.32. The summed E-state index contributed by atoms with van der Waals surface area (Å²) < 4.78 is 5.11. The van der Waals surface area contributed by atoms with Gasteiger partial charge in [0.2, 0.25) is 0 Å². The molecule has 2 unspecified atom stereocenters. The molecule has 0 N–H and O–H groups in total. The molecular weight excluding hydrogens is 200 g/mol. The monoisotopic (exact) mass is 210 g/mol. The molecule has 2 nitrogen and oxygen atoms in total. The highest BCUT2D eigenvalue weighted by atomic mass is 35.5. The van der Waals surface area contributed by atoms with Crippen molar-refractivity contribution in [2.45, 2.75) is 24.3 Å². The van der Waals surface area contributed by atoms with E-state index in [4.69, 9.17) is 16.3 Å². The lowest BCUT2D eigenvalue weighted by atomic mass is 10.1. The van der Waals surface area contributed by atoms with Crippen LogP contribution in [0.2, 0.25) is 0 Å². The summed E-state index contributed by atoms with van der Waals surface area (Å²) in [4.78, 5) is 10.9. The van der Waals surface area contributed by atoms with Gasteiger partial charge in [-0.15, -0.1) is 11.6 Å². The number of hydrogen-bond donors (Lipinski definition) is 0. The second-order valence-electron chi connectivity index (χ2n) is 3.44. The maximum absolute atomic E-state index is 10.9. The quantitative estimate of drug-likeness (QED) is 0.552. The van der Waals surface area contributed by atoms with Crippen LogP contribution in [-0.2, 0) is 16.0 Å². The average molecular weight is 211 g/mol. The summed E-state index contributed by atoms with van der Waals surface area (Å²) >= 11 is 5.98. The van der Waals surface area contributed by atoms with Gasteiger partial charge in [-0.1, -0.05) is 30.3 Å². The molecule has 0 bridgehead atoms. The second-order valence-corrected chi connectivity index (χ2v) is 4.00. The van der Waals surface area contributed by atoms with E-state index >= 15 is 0 Å². The van der Waals surface area contributed by atoms with E-state index in [0.29, 0.717) is 12.8 Å². The van der Waals surface area contributed by atoms with Crippen LogP contribution in [0.3, 0.4) is 0 Å². The van der Waals surface area contributed by atoms with E-state index in [1.165, 1.54) is 0 Å². The van der Waals surface area contributed by atoms with Crippen LogP contribution >= 0.6 is 11.6 Å². The molecule has 2 atom stereocenters. The molecule has 1 heterocycles. The Morgan fingerprint density at radius 2 is 2.07 bits per heavy atom. The molecule has 14 heavy (non-hydrogen) atoms. The largest absolute Gasteiger partial charge is 0.460 e. The molecule has 74 valence electrons. The average Bonchev–Trinajstić information content (AvgIpc) is 2.47. The van der Waals surface area contributed by atoms with Crippen molar-refractivity contribution in [1.29, 1.82) is 0 Å². The molecule has 0 aromatic heterocycles. The van der Waals surface area contributed by atoms with Crippen molar-refractivity contribution in [2.75, 3.05) is 0 Å². The summed E-state index contributed by atoms with van der Waals surface area (Å²) in [6.07, 6.45) is 0.881. The fourth-order valence-corrected chi connectivity index (χ4v) is 1.86. The van der Waals surface area contributed by atoms with Crippen molar-refractivity contribution in [1.82, 2.24) is 0 Å². The maximum Gasteiger partial charge on any atom is 0.307 e. The standard InChI is InChI=1S/C11H11ClO2/c12-9-7-11(13)14-10(9)6-8-4-2-1-3-5-8/h1-5,9-10H,6-7H2. The zero-order chi connectivity index (χ0) is 9.97. The van der Waals surface area contributed by atoms with Gasteiger partial charge in [0.1, 0.15) is 6.10 Å². The zero-order valence-corrected chi connectivity index (χ0v) is 8.41. The van der Waals surface area contributed by atoms with Crippen LogP contribution < -0.4 is 0 Å². The molecule has 0 spiro atoms. The van der Waals surface area contributed by atoms with Gasteiger partial charge in [-0.25, -0.2) is 0 Å². The van der Waals surface area contributed by atoms with Crippen LogP contribution in [0.1, 0.15) is 12.0 Å². The van der Waals surface area contributed by atoms with Gasteiger partial charge < -0.3 is 4.74 Å². The minimum Gasteiger partial charge on any atom is -0.460 e. The van der Waals surface area contributed by atoms with Gasteiger partial charge in [0.15, 0.2) is 0 Å². The Morgan fingerprint density at radius 3 is 2.64 bits per heavy atom. The molecule has 1 fully saturated rings. The smallest absolute Gasteiger partial charge is 0.307 e. The normalized spacial score (nSPS) is 26.2. The summed E-state index contributed by atoms with van der Waals surface area (Å²) in [6, 6.07) is 9.92. The first-order valence-electron chi connectivity index (χ1n) is 4.63. The predicted octanol–water partition coefficient (Wildman–Crippen LogP) is 2.15. The number of cyclic esters (lactones) is 1. The van der Waals surface area contributed by atoms with E-state index in [2.05, 4.69) is 0 Å². The molecule has 1 aliphatic rings. The van der Waals surface area contributed by atoms with Crippen molar-refractivity contribution >= 4 is 17.6 Å². The SMILES string of the molecule is O=C1CC(Cl)C(Cc2ccccc2)O1. The highest BCUT2D eigenvalue weighted by Crippen LogP contribution is 2.23. The van der Waals surface area contributed by atoms with Gasteiger partial charge in [-0.3, -0.25) is 4.79 Å². The van der Waals surface area contributed by atoms with Crippen molar-refractivity contribution in [3.8, 4) is 0 Å². The van der Waals surface area contributed by atoms with Gasteiger partial charge in [-0.2, -0.15) is 0 Å². The van der Waals surface area contributed by atoms with E-state index in [-0.39, 0.29) is 17.5 Å². The number of benzene rings is 1. The number of ether oxygens (including phenoxy) is 1. The Morgan fingerprint density at radius 1 is 1.36 bits per heavy atom. The molecule has 1 aromatic carbocycles. The summed E-state index contributed by atoms with van der Waals surface area (Å²) in [5.74, 6) is -0.189. The van der Waals surface area contributed by atoms with Crippen molar-refractivity contribution in [3.63, 3.8) is 0 Å². The van der Waals surface area contributed by atoms with Crippen LogP contribution in [0.25, 0.3) is 0 Å². The number of esters is 1. The van der Waals surface area contributed by atoms with Crippen LogP contribution in [0, 0.1) is 0 Å². The van der Waals surface area contributed by atoms with E-state index in [1.807, 2.05) is 30.3 Å². The highest BCUT2D eigenvalue weighted by molar-refractivity contribution is 6.22.